The van der Waals surface area contributed by atoms with Gasteiger partial charge in [-0.05, 0) is 60.2 Å². The lowest BCUT2D eigenvalue weighted by atomic mass is 10.1. The van der Waals surface area contributed by atoms with Crippen molar-refractivity contribution in [3.8, 4) is 5.75 Å². The lowest BCUT2D eigenvalue weighted by molar-refractivity contribution is 0.104. The molecule has 0 aliphatic carbocycles. The Morgan fingerprint density at radius 2 is 1.85 bits per heavy atom. The molecule has 5 heteroatoms. The Morgan fingerprint density at radius 1 is 1.07 bits per heavy atom. The smallest absolute Gasteiger partial charge is 0.185 e. The number of ketones is 1. The maximum atomic E-state index is 12.5. The molecule has 0 radical (unpaired) electrons. The maximum Gasteiger partial charge on any atom is 0.185 e. The van der Waals surface area contributed by atoms with E-state index in [2.05, 4.69) is 4.90 Å². The van der Waals surface area contributed by atoms with Crippen LogP contribution < -0.4 is 9.64 Å². The Labute approximate surface area is 163 Å². The van der Waals surface area contributed by atoms with E-state index in [1.165, 1.54) is 0 Å². The second-order valence-corrected chi connectivity index (χ2v) is 6.97. The van der Waals surface area contributed by atoms with Crippen molar-refractivity contribution in [1.82, 2.24) is 0 Å². The van der Waals surface area contributed by atoms with Crippen molar-refractivity contribution in [1.29, 1.82) is 0 Å². The number of ether oxygens (including phenoxy) is 2. The minimum Gasteiger partial charge on any atom is -0.488 e. The third kappa shape index (κ3) is 4.24. The molecule has 2 aromatic rings. The van der Waals surface area contributed by atoms with Crippen molar-refractivity contribution in [3.05, 3.63) is 76.3 Å². The lowest BCUT2D eigenvalue weighted by Crippen LogP contribution is -2.36. The summed E-state index contributed by atoms with van der Waals surface area (Å²) in [6, 6.07) is 13.3. The number of carbonyl (C=O) groups is 1. The van der Waals surface area contributed by atoms with Gasteiger partial charge in [-0.15, -0.1) is 0 Å². The van der Waals surface area contributed by atoms with E-state index in [9.17, 15) is 4.79 Å². The first kappa shape index (κ1) is 17.8. The molecule has 4 nitrogen and oxygen atoms in total. The van der Waals surface area contributed by atoms with Crippen molar-refractivity contribution in [3.63, 3.8) is 0 Å². The van der Waals surface area contributed by atoms with Crippen LogP contribution in [0, 0.1) is 0 Å². The van der Waals surface area contributed by atoms with Crippen LogP contribution in [0.25, 0.3) is 6.08 Å². The van der Waals surface area contributed by atoms with E-state index >= 15 is 0 Å². The fourth-order valence-electron chi connectivity index (χ4n) is 3.20. The Balaban J connectivity index is 1.44. The standard InChI is InChI=1S/C22H20ClNO3/c23-19-4-8-22-18(14-19)13-16(15-27-22)1-7-21(25)17-2-5-20(6-3-17)24-9-11-26-12-10-24/h1-8,13-14H,9-12,15H2/b7-1-. The maximum absolute atomic E-state index is 12.5. The lowest BCUT2D eigenvalue weighted by Gasteiger charge is -2.28. The van der Waals surface area contributed by atoms with Gasteiger partial charge in [0.15, 0.2) is 5.78 Å². The highest BCUT2D eigenvalue weighted by atomic mass is 35.5. The quantitative estimate of drug-likeness (QED) is 0.581. The summed E-state index contributed by atoms with van der Waals surface area (Å²) in [5.74, 6) is 0.780. The zero-order chi connectivity index (χ0) is 18.6. The number of nitrogens with zero attached hydrogens (tertiary/aromatic N) is 1. The van der Waals surface area contributed by atoms with Crippen LogP contribution in [0.2, 0.25) is 5.02 Å². The molecule has 0 saturated carbocycles. The van der Waals surface area contributed by atoms with Crippen LogP contribution >= 0.6 is 11.6 Å². The molecule has 27 heavy (non-hydrogen) atoms. The Kier molecular flexibility index (Phi) is 5.28. The molecule has 0 aromatic heterocycles. The monoisotopic (exact) mass is 381 g/mol. The molecule has 2 aliphatic rings. The molecule has 1 saturated heterocycles. The number of hydrogen-bond donors (Lipinski definition) is 0. The van der Waals surface area contributed by atoms with Gasteiger partial charge in [0, 0.05) is 34.9 Å². The first-order valence-electron chi connectivity index (χ1n) is 8.97. The van der Waals surface area contributed by atoms with E-state index in [0.717, 1.165) is 48.9 Å². The normalized spacial score (nSPS) is 16.6. The summed E-state index contributed by atoms with van der Waals surface area (Å²) in [5, 5.41) is 0.662. The van der Waals surface area contributed by atoms with Gasteiger partial charge < -0.3 is 14.4 Å². The van der Waals surface area contributed by atoms with Gasteiger partial charge in [-0.2, -0.15) is 0 Å². The molecule has 0 amide bonds. The number of allylic oxidation sites excluding steroid dienone is 1. The molecule has 0 spiro atoms. The van der Waals surface area contributed by atoms with E-state index < -0.39 is 0 Å². The van der Waals surface area contributed by atoms with Crippen LogP contribution in [0.1, 0.15) is 15.9 Å². The number of anilines is 1. The van der Waals surface area contributed by atoms with Crippen LogP contribution in [-0.4, -0.2) is 38.7 Å². The van der Waals surface area contributed by atoms with E-state index in [4.69, 9.17) is 21.1 Å². The second-order valence-electron chi connectivity index (χ2n) is 6.53. The molecule has 138 valence electrons. The van der Waals surface area contributed by atoms with Crippen molar-refractivity contribution < 1.29 is 14.3 Å². The highest BCUT2D eigenvalue weighted by molar-refractivity contribution is 6.30. The summed E-state index contributed by atoms with van der Waals surface area (Å²) in [4.78, 5) is 14.7. The topological polar surface area (TPSA) is 38.8 Å². The predicted octanol–water partition coefficient (Wildman–Crippen LogP) is 4.39. The van der Waals surface area contributed by atoms with E-state index in [-0.39, 0.29) is 5.78 Å². The molecule has 2 heterocycles. The molecule has 2 aromatic carbocycles. The first-order valence-corrected chi connectivity index (χ1v) is 9.35. The van der Waals surface area contributed by atoms with Gasteiger partial charge in [0.1, 0.15) is 12.4 Å². The van der Waals surface area contributed by atoms with E-state index in [0.29, 0.717) is 17.2 Å². The fraction of sp³-hybridized carbons (Fsp3) is 0.227. The van der Waals surface area contributed by atoms with Gasteiger partial charge in [0.05, 0.1) is 13.2 Å². The molecule has 4 rings (SSSR count). The van der Waals surface area contributed by atoms with Crippen molar-refractivity contribution in [2.24, 2.45) is 0 Å². The van der Waals surface area contributed by atoms with Crippen LogP contribution in [0.5, 0.6) is 5.75 Å². The number of rotatable bonds is 4. The third-order valence-corrected chi connectivity index (χ3v) is 4.92. The second kappa shape index (κ2) is 7.99. The van der Waals surface area contributed by atoms with Crippen LogP contribution in [0.4, 0.5) is 5.69 Å². The van der Waals surface area contributed by atoms with Crippen LogP contribution in [0.3, 0.4) is 0 Å². The first-order chi connectivity index (χ1) is 13.2. The Bertz CT molecular complexity index is 896. The molecular formula is C22H20ClNO3. The largest absolute Gasteiger partial charge is 0.488 e. The van der Waals surface area contributed by atoms with Crippen LogP contribution in [0.15, 0.2) is 60.2 Å². The summed E-state index contributed by atoms with van der Waals surface area (Å²) in [7, 11) is 0. The molecule has 0 unspecified atom stereocenters. The molecule has 0 bridgehead atoms. The number of morpholine rings is 1. The van der Waals surface area contributed by atoms with Crippen molar-refractivity contribution in [2.75, 3.05) is 37.8 Å². The summed E-state index contributed by atoms with van der Waals surface area (Å²) in [6.07, 6.45) is 5.40. The zero-order valence-corrected chi connectivity index (χ0v) is 15.6. The number of carbonyl (C=O) groups excluding carboxylic acids is 1. The van der Waals surface area contributed by atoms with Gasteiger partial charge >= 0.3 is 0 Å². The SMILES string of the molecule is O=C(/C=C\C1=Cc2cc(Cl)ccc2OC1)c1ccc(N2CCOCC2)cc1. The predicted molar refractivity (Wildman–Crippen MR) is 108 cm³/mol. The molecule has 2 aliphatic heterocycles. The molecule has 0 N–H and O–H groups in total. The van der Waals surface area contributed by atoms with Crippen LogP contribution in [-0.2, 0) is 4.74 Å². The molecule has 1 fully saturated rings. The zero-order valence-electron chi connectivity index (χ0n) is 14.9. The van der Waals surface area contributed by atoms with Gasteiger partial charge in [0.25, 0.3) is 0 Å². The van der Waals surface area contributed by atoms with E-state index in [1.54, 1.807) is 12.1 Å². The third-order valence-electron chi connectivity index (χ3n) is 4.68. The van der Waals surface area contributed by atoms with Crippen molar-refractivity contribution >= 4 is 29.1 Å². The summed E-state index contributed by atoms with van der Waals surface area (Å²) >= 11 is 6.03. The highest BCUT2D eigenvalue weighted by Gasteiger charge is 2.13. The summed E-state index contributed by atoms with van der Waals surface area (Å²) < 4.78 is 11.1. The summed E-state index contributed by atoms with van der Waals surface area (Å²) in [6.45, 7) is 3.69. The number of fused-ring (bicyclic) bond motifs is 1. The highest BCUT2D eigenvalue weighted by Crippen LogP contribution is 2.29. The molecular weight excluding hydrogens is 362 g/mol. The van der Waals surface area contributed by atoms with Gasteiger partial charge in [-0.3, -0.25) is 4.79 Å². The van der Waals surface area contributed by atoms with E-state index in [1.807, 2.05) is 48.6 Å². The van der Waals surface area contributed by atoms with Gasteiger partial charge in [-0.25, -0.2) is 0 Å². The number of benzene rings is 2. The van der Waals surface area contributed by atoms with Crippen molar-refractivity contribution in [2.45, 2.75) is 0 Å². The van der Waals surface area contributed by atoms with Gasteiger partial charge in [-0.1, -0.05) is 17.7 Å². The Morgan fingerprint density at radius 3 is 2.63 bits per heavy atom. The average molecular weight is 382 g/mol. The summed E-state index contributed by atoms with van der Waals surface area (Å²) in [5.41, 5.74) is 3.65. The minimum atomic E-state index is -0.0266. The average Bonchev–Trinajstić information content (AvgIpc) is 2.72. The van der Waals surface area contributed by atoms with Gasteiger partial charge in [0.2, 0.25) is 0 Å². The minimum absolute atomic E-state index is 0.0266. The number of hydrogen-bond acceptors (Lipinski definition) is 4. The fourth-order valence-corrected chi connectivity index (χ4v) is 3.38. The number of halogens is 1. The Hall–Kier alpha value is -2.56. The molecule has 0 atom stereocenters.